The predicted molar refractivity (Wildman–Crippen MR) is 105 cm³/mol. The summed E-state index contributed by atoms with van der Waals surface area (Å²) in [5.41, 5.74) is 0. The molecule has 2 aliphatic rings. The first-order chi connectivity index (χ1) is 14.0. The Morgan fingerprint density at radius 3 is 2.31 bits per heavy atom. The number of nitrogens with one attached hydrogen (secondary N) is 2. The first kappa shape index (κ1) is 24.1. The number of likely N-dealkylation sites (N-methyl/N-ethyl adjacent to an activating group) is 1. The molecule has 0 aromatic rings. The number of nitrogens with zero attached hydrogens (tertiary/aromatic N) is 1. The second kappa shape index (κ2) is 12.5. The SMILES string of the molecule is CNCCOCCOCCNC(=O)C1CCN(C2CCC(C=O)CC2)CC1(F)F. The van der Waals surface area contributed by atoms with Crippen molar-refractivity contribution in [2.45, 2.75) is 44.1 Å². The Hall–Kier alpha value is -1.16. The maximum atomic E-state index is 14.6. The number of hydrogen-bond donors (Lipinski definition) is 2. The van der Waals surface area contributed by atoms with Gasteiger partial charge in [-0.3, -0.25) is 9.69 Å². The van der Waals surface area contributed by atoms with E-state index in [-0.39, 0.29) is 38.1 Å². The third kappa shape index (κ3) is 7.88. The third-order valence-electron chi connectivity index (χ3n) is 5.81. The van der Waals surface area contributed by atoms with Crippen LogP contribution < -0.4 is 10.6 Å². The van der Waals surface area contributed by atoms with E-state index in [2.05, 4.69) is 10.6 Å². The van der Waals surface area contributed by atoms with Crippen LogP contribution in [0.5, 0.6) is 0 Å². The summed E-state index contributed by atoms with van der Waals surface area (Å²) in [6.45, 7) is 2.81. The molecule has 1 amide bonds. The lowest BCUT2D eigenvalue weighted by atomic mass is 9.84. The van der Waals surface area contributed by atoms with Crippen LogP contribution >= 0.6 is 0 Å². The number of ether oxygens (including phenoxy) is 2. The fourth-order valence-electron chi connectivity index (χ4n) is 4.07. The van der Waals surface area contributed by atoms with Crippen LogP contribution in [0.1, 0.15) is 32.1 Å². The van der Waals surface area contributed by atoms with Gasteiger partial charge in [-0.1, -0.05) is 0 Å². The molecule has 168 valence electrons. The zero-order valence-electron chi connectivity index (χ0n) is 17.3. The van der Waals surface area contributed by atoms with Crippen molar-refractivity contribution in [3.63, 3.8) is 0 Å². The fraction of sp³-hybridized carbons (Fsp3) is 0.900. The molecule has 1 aliphatic carbocycles. The molecule has 1 saturated heterocycles. The molecule has 1 heterocycles. The Bertz CT molecular complexity index is 502. The Morgan fingerprint density at radius 2 is 1.72 bits per heavy atom. The van der Waals surface area contributed by atoms with E-state index in [9.17, 15) is 18.4 Å². The van der Waals surface area contributed by atoms with Gasteiger partial charge in [-0.05, 0) is 45.7 Å². The maximum Gasteiger partial charge on any atom is 0.272 e. The van der Waals surface area contributed by atoms with Crippen molar-refractivity contribution in [1.29, 1.82) is 0 Å². The van der Waals surface area contributed by atoms with Crippen molar-refractivity contribution in [2.75, 3.05) is 59.7 Å². The molecule has 2 fully saturated rings. The Kier molecular flexibility index (Phi) is 10.4. The number of likely N-dealkylation sites (tertiary alicyclic amines) is 1. The van der Waals surface area contributed by atoms with Crippen molar-refractivity contribution < 1.29 is 27.8 Å². The maximum absolute atomic E-state index is 14.6. The first-order valence-corrected chi connectivity index (χ1v) is 10.6. The smallest absolute Gasteiger partial charge is 0.272 e. The summed E-state index contributed by atoms with van der Waals surface area (Å²) in [5.74, 6) is -4.88. The monoisotopic (exact) mass is 419 g/mol. The van der Waals surface area contributed by atoms with E-state index in [1.807, 2.05) is 11.9 Å². The van der Waals surface area contributed by atoms with Gasteiger partial charge in [-0.15, -0.1) is 0 Å². The highest BCUT2D eigenvalue weighted by Gasteiger charge is 2.49. The minimum atomic E-state index is -3.05. The van der Waals surface area contributed by atoms with Crippen LogP contribution in [-0.2, 0) is 19.1 Å². The molecule has 2 rings (SSSR count). The zero-order valence-corrected chi connectivity index (χ0v) is 17.3. The average Bonchev–Trinajstić information content (AvgIpc) is 2.71. The highest BCUT2D eigenvalue weighted by Crippen LogP contribution is 2.36. The molecule has 9 heteroatoms. The third-order valence-corrected chi connectivity index (χ3v) is 5.81. The lowest BCUT2D eigenvalue weighted by molar-refractivity contribution is -0.155. The van der Waals surface area contributed by atoms with Gasteiger partial charge in [0.2, 0.25) is 5.91 Å². The van der Waals surface area contributed by atoms with Gasteiger partial charge in [-0.25, -0.2) is 8.78 Å². The van der Waals surface area contributed by atoms with Gasteiger partial charge >= 0.3 is 0 Å². The van der Waals surface area contributed by atoms with Crippen LogP contribution in [0, 0.1) is 11.8 Å². The van der Waals surface area contributed by atoms with Crippen molar-refractivity contribution in [1.82, 2.24) is 15.5 Å². The second-order valence-electron chi connectivity index (χ2n) is 7.90. The molecular formula is C20H35F2N3O4. The lowest BCUT2D eigenvalue weighted by Crippen LogP contribution is -2.56. The van der Waals surface area contributed by atoms with E-state index in [1.165, 1.54) is 0 Å². The molecule has 2 N–H and O–H groups in total. The second-order valence-corrected chi connectivity index (χ2v) is 7.90. The van der Waals surface area contributed by atoms with Crippen molar-refractivity contribution in [3.05, 3.63) is 0 Å². The van der Waals surface area contributed by atoms with E-state index in [4.69, 9.17) is 9.47 Å². The summed E-state index contributed by atoms with van der Waals surface area (Å²) in [5, 5.41) is 5.54. The first-order valence-electron chi connectivity index (χ1n) is 10.6. The summed E-state index contributed by atoms with van der Waals surface area (Å²) in [6, 6.07) is 0.0878. The Balaban J connectivity index is 1.64. The summed E-state index contributed by atoms with van der Waals surface area (Å²) in [6.07, 6.45) is 4.19. The number of carbonyl (C=O) groups is 2. The highest BCUT2D eigenvalue weighted by molar-refractivity contribution is 5.79. The molecule has 1 unspecified atom stereocenters. The molecule has 0 bridgehead atoms. The van der Waals surface area contributed by atoms with Gasteiger partial charge in [0.1, 0.15) is 12.2 Å². The number of carbonyl (C=O) groups excluding carboxylic acids is 2. The fourth-order valence-corrected chi connectivity index (χ4v) is 4.07. The molecule has 1 saturated carbocycles. The van der Waals surface area contributed by atoms with Crippen LogP contribution in [0.15, 0.2) is 0 Å². The number of piperidine rings is 1. The van der Waals surface area contributed by atoms with E-state index in [0.717, 1.165) is 38.5 Å². The van der Waals surface area contributed by atoms with Crippen LogP contribution in [0.2, 0.25) is 0 Å². The summed E-state index contributed by atoms with van der Waals surface area (Å²) in [4.78, 5) is 24.9. The van der Waals surface area contributed by atoms with Crippen LogP contribution in [0.3, 0.4) is 0 Å². The van der Waals surface area contributed by atoms with Gasteiger partial charge in [0.15, 0.2) is 0 Å². The zero-order chi connectivity index (χ0) is 21.1. The number of halogens is 2. The minimum Gasteiger partial charge on any atom is -0.378 e. The highest BCUT2D eigenvalue weighted by atomic mass is 19.3. The lowest BCUT2D eigenvalue weighted by Gasteiger charge is -2.43. The molecule has 1 atom stereocenters. The van der Waals surface area contributed by atoms with E-state index in [1.54, 1.807) is 0 Å². The largest absolute Gasteiger partial charge is 0.378 e. The average molecular weight is 420 g/mol. The molecule has 7 nitrogen and oxygen atoms in total. The standard InChI is InChI=1S/C20H35F2N3O4/c1-23-7-10-28-12-13-29-11-8-24-19(27)18-6-9-25(15-20(18,21)22)17-4-2-16(14-26)3-5-17/h14,16-18,23H,2-13,15H2,1H3,(H,24,27). The topological polar surface area (TPSA) is 79.9 Å². The Morgan fingerprint density at radius 1 is 1.07 bits per heavy atom. The summed E-state index contributed by atoms with van der Waals surface area (Å²) >= 11 is 0. The molecule has 29 heavy (non-hydrogen) atoms. The summed E-state index contributed by atoms with van der Waals surface area (Å²) < 4.78 is 39.9. The molecule has 1 aliphatic heterocycles. The van der Waals surface area contributed by atoms with Gasteiger partial charge in [0, 0.05) is 25.0 Å². The number of rotatable bonds is 12. The molecule has 0 aromatic carbocycles. The normalized spacial score (nSPS) is 27.5. The van der Waals surface area contributed by atoms with Gasteiger partial charge in [0.05, 0.1) is 33.0 Å². The quantitative estimate of drug-likeness (QED) is 0.364. The molecule has 0 radical (unpaired) electrons. The van der Waals surface area contributed by atoms with Gasteiger partial charge in [0.25, 0.3) is 5.92 Å². The number of hydrogen-bond acceptors (Lipinski definition) is 6. The molecule has 0 aromatic heterocycles. The van der Waals surface area contributed by atoms with E-state index in [0.29, 0.717) is 26.4 Å². The summed E-state index contributed by atoms with van der Waals surface area (Å²) in [7, 11) is 1.84. The molecule has 0 spiro atoms. The van der Waals surface area contributed by atoms with Crippen molar-refractivity contribution >= 4 is 12.2 Å². The molecular weight excluding hydrogens is 384 g/mol. The number of aldehydes is 1. The van der Waals surface area contributed by atoms with Gasteiger partial charge < -0.3 is 24.9 Å². The van der Waals surface area contributed by atoms with Crippen LogP contribution in [0.4, 0.5) is 8.78 Å². The van der Waals surface area contributed by atoms with Crippen molar-refractivity contribution in [3.8, 4) is 0 Å². The van der Waals surface area contributed by atoms with Gasteiger partial charge in [-0.2, -0.15) is 0 Å². The van der Waals surface area contributed by atoms with E-state index < -0.39 is 17.7 Å². The van der Waals surface area contributed by atoms with Crippen molar-refractivity contribution in [2.24, 2.45) is 11.8 Å². The number of amides is 1. The Labute approximate surface area is 171 Å². The van der Waals surface area contributed by atoms with Crippen LogP contribution in [-0.4, -0.2) is 88.7 Å². The number of alkyl halides is 2. The predicted octanol–water partition coefficient (Wildman–Crippen LogP) is 1.07. The van der Waals surface area contributed by atoms with Crippen LogP contribution in [0.25, 0.3) is 0 Å². The minimum absolute atomic E-state index is 0.0669. The van der Waals surface area contributed by atoms with E-state index >= 15 is 0 Å².